The number of nitrogens with one attached hydrogen (secondary N) is 1. The Bertz CT molecular complexity index is 573. The smallest absolute Gasteiger partial charge is 0.317 e. The molecule has 27 heavy (non-hydrogen) atoms. The van der Waals surface area contributed by atoms with E-state index in [4.69, 9.17) is 4.74 Å². The lowest BCUT2D eigenvalue weighted by molar-refractivity contribution is -0.00179. The molecule has 6 heteroatoms. The van der Waals surface area contributed by atoms with Gasteiger partial charge in [0.05, 0.1) is 18.4 Å². The van der Waals surface area contributed by atoms with Gasteiger partial charge in [0.2, 0.25) is 0 Å². The van der Waals surface area contributed by atoms with E-state index >= 15 is 0 Å². The molecule has 0 aromatic carbocycles. The van der Waals surface area contributed by atoms with Crippen LogP contribution in [0.2, 0.25) is 0 Å². The highest BCUT2D eigenvalue weighted by molar-refractivity contribution is 5.74. The lowest BCUT2D eigenvalue weighted by Gasteiger charge is -2.36. The van der Waals surface area contributed by atoms with Crippen LogP contribution < -0.4 is 5.32 Å². The highest BCUT2D eigenvalue weighted by atomic mass is 16.5. The van der Waals surface area contributed by atoms with Crippen LogP contribution in [0.1, 0.15) is 45.2 Å². The molecule has 0 aliphatic carbocycles. The first kappa shape index (κ1) is 20.1. The van der Waals surface area contributed by atoms with Crippen molar-refractivity contribution in [2.75, 3.05) is 32.7 Å². The van der Waals surface area contributed by atoms with Gasteiger partial charge < -0.3 is 19.9 Å². The molecule has 2 saturated heterocycles. The van der Waals surface area contributed by atoms with Gasteiger partial charge in [0.15, 0.2) is 0 Å². The Morgan fingerprint density at radius 1 is 1.26 bits per heavy atom. The molecule has 0 radical (unpaired) electrons. The number of piperidine rings is 2. The van der Waals surface area contributed by atoms with Gasteiger partial charge >= 0.3 is 6.03 Å². The van der Waals surface area contributed by atoms with Gasteiger partial charge in [-0.1, -0.05) is 6.07 Å². The van der Waals surface area contributed by atoms with Gasteiger partial charge in [0.25, 0.3) is 0 Å². The van der Waals surface area contributed by atoms with Crippen LogP contribution >= 0.6 is 0 Å². The van der Waals surface area contributed by atoms with E-state index in [9.17, 15) is 4.79 Å². The Hall–Kier alpha value is -1.66. The quantitative estimate of drug-likeness (QED) is 0.832. The fourth-order valence-electron chi connectivity index (χ4n) is 3.96. The number of carbonyl (C=O) groups is 1. The number of ether oxygens (including phenoxy) is 1. The third-order valence-corrected chi connectivity index (χ3v) is 5.78. The van der Waals surface area contributed by atoms with Gasteiger partial charge in [-0.2, -0.15) is 0 Å². The van der Waals surface area contributed by atoms with Crippen LogP contribution in [0.4, 0.5) is 4.79 Å². The molecule has 1 aromatic rings. The van der Waals surface area contributed by atoms with E-state index in [1.54, 1.807) is 6.20 Å². The number of hydrogen-bond acceptors (Lipinski definition) is 4. The van der Waals surface area contributed by atoms with Crippen molar-refractivity contribution in [2.24, 2.45) is 5.92 Å². The summed E-state index contributed by atoms with van der Waals surface area (Å²) in [7, 11) is 0. The first-order valence-electron chi connectivity index (χ1n) is 10.4. The van der Waals surface area contributed by atoms with Gasteiger partial charge in [0.1, 0.15) is 0 Å². The van der Waals surface area contributed by atoms with Crippen LogP contribution in [0.15, 0.2) is 24.4 Å². The van der Waals surface area contributed by atoms with Gasteiger partial charge in [-0.3, -0.25) is 4.98 Å². The highest BCUT2D eigenvalue weighted by Crippen LogP contribution is 2.19. The molecule has 2 fully saturated rings. The number of nitrogens with zero attached hydrogens (tertiary/aromatic N) is 3. The Morgan fingerprint density at radius 2 is 2.07 bits per heavy atom. The van der Waals surface area contributed by atoms with Gasteiger partial charge in [-0.05, 0) is 70.7 Å². The largest absolute Gasteiger partial charge is 0.370 e. The van der Waals surface area contributed by atoms with E-state index in [0.29, 0.717) is 25.1 Å². The number of rotatable bonds is 6. The molecule has 1 atom stereocenters. The predicted octanol–water partition coefficient (Wildman–Crippen LogP) is 2.89. The minimum absolute atomic E-state index is 0.0624. The molecular formula is C21H34N4O2. The molecule has 0 saturated carbocycles. The molecule has 1 N–H and O–H groups in total. The Kier molecular flexibility index (Phi) is 7.47. The van der Waals surface area contributed by atoms with E-state index in [0.717, 1.165) is 44.7 Å². The van der Waals surface area contributed by atoms with E-state index in [2.05, 4.69) is 29.0 Å². The topological polar surface area (TPSA) is 57.7 Å². The van der Waals surface area contributed by atoms with Crippen molar-refractivity contribution in [3.05, 3.63) is 30.1 Å². The molecule has 150 valence electrons. The maximum atomic E-state index is 12.6. The Labute approximate surface area is 163 Å². The molecule has 1 unspecified atom stereocenters. The van der Waals surface area contributed by atoms with Gasteiger partial charge in [0, 0.05) is 31.9 Å². The maximum Gasteiger partial charge on any atom is 0.317 e. The molecule has 3 rings (SSSR count). The summed E-state index contributed by atoms with van der Waals surface area (Å²) in [6.07, 6.45) is 6.23. The van der Waals surface area contributed by atoms with Crippen molar-refractivity contribution < 1.29 is 9.53 Å². The minimum Gasteiger partial charge on any atom is -0.370 e. The van der Waals surface area contributed by atoms with Crippen LogP contribution in [0.3, 0.4) is 0 Å². The summed E-state index contributed by atoms with van der Waals surface area (Å²) in [4.78, 5) is 21.3. The number of carbonyl (C=O) groups excluding carboxylic acids is 1. The third kappa shape index (κ3) is 6.18. The lowest BCUT2D eigenvalue weighted by atomic mass is 9.96. The normalized spacial score (nSPS) is 22.2. The van der Waals surface area contributed by atoms with Crippen LogP contribution in [0.5, 0.6) is 0 Å². The first-order chi connectivity index (χ1) is 13.1. The summed E-state index contributed by atoms with van der Waals surface area (Å²) in [5.41, 5.74) is 0.937. The molecule has 0 bridgehead atoms. The number of likely N-dealkylation sites (tertiary alicyclic amines) is 2. The average molecular weight is 375 g/mol. The Morgan fingerprint density at radius 3 is 2.78 bits per heavy atom. The summed E-state index contributed by atoms with van der Waals surface area (Å²) in [6.45, 7) is 9.59. The number of aromatic nitrogens is 1. The van der Waals surface area contributed by atoms with Crippen molar-refractivity contribution in [2.45, 2.75) is 58.3 Å². The fourth-order valence-corrected chi connectivity index (χ4v) is 3.96. The standard InChI is InChI=1S/C21H34N4O2/c1-17(2)24-12-8-18(9-13-24)14-23-21(26)25-11-5-7-20(15-25)27-16-19-6-3-4-10-22-19/h3-4,6,10,17-18,20H,5,7-9,11-16H2,1-2H3,(H,23,26). The molecule has 2 aliphatic rings. The van der Waals surface area contributed by atoms with Crippen molar-refractivity contribution in [1.82, 2.24) is 20.1 Å². The van der Waals surface area contributed by atoms with Crippen molar-refractivity contribution in [1.29, 1.82) is 0 Å². The number of hydrogen-bond donors (Lipinski definition) is 1. The molecule has 1 aromatic heterocycles. The van der Waals surface area contributed by atoms with Crippen LogP contribution in [-0.4, -0.2) is 65.7 Å². The van der Waals surface area contributed by atoms with Gasteiger partial charge in [-0.15, -0.1) is 0 Å². The van der Waals surface area contributed by atoms with Gasteiger partial charge in [-0.25, -0.2) is 4.79 Å². The number of urea groups is 1. The zero-order valence-corrected chi connectivity index (χ0v) is 16.8. The monoisotopic (exact) mass is 374 g/mol. The minimum atomic E-state index is 0.0624. The zero-order valence-electron chi connectivity index (χ0n) is 16.8. The maximum absolute atomic E-state index is 12.6. The van der Waals surface area contributed by atoms with Crippen molar-refractivity contribution in [3.63, 3.8) is 0 Å². The summed E-state index contributed by atoms with van der Waals surface area (Å²) in [5, 5.41) is 3.16. The highest BCUT2D eigenvalue weighted by Gasteiger charge is 2.26. The fraction of sp³-hybridized carbons (Fsp3) is 0.714. The van der Waals surface area contributed by atoms with Crippen LogP contribution in [0, 0.1) is 5.92 Å². The predicted molar refractivity (Wildman–Crippen MR) is 106 cm³/mol. The molecule has 2 amide bonds. The van der Waals surface area contributed by atoms with E-state index in [1.165, 1.54) is 12.8 Å². The van der Waals surface area contributed by atoms with Crippen LogP contribution in [-0.2, 0) is 11.3 Å². The summed E-state index contributed by atoms with van der Waals surface area (Å²) < 4.78 is 5.99. The zero-order chi connectivity index (χ0) is 19.1. The van der Waals surface area contributed by atoms with E-state index < -0.39 is 0 Å². The summed E-state index contributed by atoms with van der Waals surface area (Å²) >= 11 is 0. The molecule has 6 nitrogen and oxygen atoms in total. The summed E-state index contributed by atoms with van der Waals surface area (Å²) in [5.74, 6) is 0.602. The second kappa shape index (κ2) is 10.0. The second-order valence-electron chi connectivity index (χ2n) is 8.10. The van der Waals surface area contributed by atoms with Crippen molar-refractivity contribution in [3.8, 4) is 0 Å². The van der Waals surface area contributed by atoms with E-state index in [1.807, 2.05) is 23.1 Å². The molecule has 2 aliphatic heterocycles. The molecular weight excluding hydrogens is 340 g/mol. The lowest BCUT2D eigenvalue weighted by Crippen LogP contribution is -2.49. The molecule has 3 heterocycles. The second-order valence-corrected chi connectivity index (χ2v) is 8.10. The number of pyridine rings is 1. The first-order valence-corrected chi connectivity index (χ1v) is 10.4. The molecule has 0 spiro atoms. The third-order valence-electron chi connectivity index (χ3n) is 5.78. The van der Waals surface area contributed by atoms with Crippen molar-refractivity contribution >= 4 is 6.03 Å². The average Bonchev–Trinajstić information content (AvgIpc) is 2.72. The van der Waals surface area contributed by atoms with E-state index in [-0.39, 0.29) is 12.1 Å². The number of amides is 2. The SMILES string of the molecule is CC(C)N1CCC(CNC(=O)N2CCCC(OCc3ccccn3)C2)CC1. The summed E-state index contributed by atoms with van der Waals surface area (Å²) in [6, 6.07) is 6.53. The van der Waals surface area contributed by atoms with Crippen LogP contribution in [0.25, 0.3) is 0 Å². The Balaban J connectivity index is 1.37.